The summed E-state index contributed by atoms with van der Waals surface area (Å²) in [6.45, 7) is 2.58. The summed E-state index contributed by atoms with van der Waals surface area (Å²) in [6.07, 6.45) is 4.92. The van der Waals surface area contributed by atoms with Gasteiger partial charge in [0, 0.05) is 18.0 Å². The van der Waals surface area contributed by atoms with Crippen molar-refractivity contribution in [2.45, 2.75) is 13.5 Å². The summed E-state index contributed by atoms with van der Waals surface area (Å²) in [5.74, 6) is 1.46. The van der Waals surface area contributed by atoms with Gasteiger partial charge in [0.05, 0.1) is 18.6 Å². The highest BCUT2D eigenvalue weighted by Gasteiger charge is 2.05. The Morgan fingerprint density at radius 1 is 1.47 bits per heavy atom. The average Bonchev–Trinajstić information content (AvgIpc) is 2.95. The first-order valence-electron chi connectivity index (χ1n) is 5.21. The molecule has 17 heavy (non-hydrogen) atoms. The highest BCUT2D eigenvalue weighted by atomic mass is 15.3. The van der Waals surface area contributed by atoms with Gasteiger partial charge in [-0.15, -0.1) is 0 Å². The number of fused-ring (bicyclic) bond motifs is 1. The van der Waals surface area contributed by atoms with Crippen LogP contribution in [0.4, 0.5) is 5.82 Å². The molecule has 3 rings (SSSR count). The van der Waals surface area contributed by atoms with Crippen LogP contribution in [-0.2, 0) is 6.54 Å². The van der Waals surface area contributed by atoms with Crippen LogP contribution in [0.25, 0.3) is 5.78 Å². The summed E-state index contributed by atoms with van der Waals surface area (Å²) < 4.78 is 1.67. The normalized spacial score (nSPS) is 10.9. The van der Waals surface area contributed by atoms with Crippen molar-refractivity contribution in [3.63, 3.8) is 0 Å². The Balaban J connectivity index is 1.91. The lowest BCUT2D eigenvalue weighted by Gasteiger charge is -2.07. The van der Waals surface area contributed by atoms with Gasteiger partial charge < -0.3 is 10.3 Å². The molecule has 0 aliphatic carbocycles. The number of nitrogens with zero attached hydrogens (tertiary/aromatic N) is 5. The number of anilines is 1. The molecule has 0 radical (unpaired) electrons. The van der Waals surface area contributed by atoms with Gasteiger partial charge in [0.15, 0.2) is 0 Å². The largest absolute Gasteiger partial charge is 0.364 e. The maximum absolute atomic E-state index is 4.27. The molecule has 0 aliphatic heterocycles. The zero-order valence-electron chi connectivity index (χ0n) is 9.25. The molecule has 0 amide bonds. The van der Waals surface area contributed by atoms with E-state index in [1.54, 1.807) is 17.0 Å². The van der Waals surface area contributed by atoms with E-state index in [0.29, 0.717) is 12.3 Å². The minimum Gasteiger partial charge on any atom is -0.364 e. The lowest BCUT2D eigenvalue weighted by molar-refractivity contribution is 0.911. The number of aromatic nitrogens is 6. The van der Waals surface area contributed by atoms with E-state index in [1.165, 1.54) is 6.33 Å². The third-order valence-corrected chi connectivity index (χ3v) is 2.39. The standard InChI is InChI=1S/C10H11N7/c1-7-2-9(12-4-8-3-11-5-13-8)17-10(16-7)14-6-15-17/h2-3,5-6,12H,4H2,1H3,(H,11,13). The lowest BCUT2D eigenvalue weighted by Crippen LogP contribution is -2.07. The molecule has 0 fully saturated rings. The van der Waals surface area contributed by atoms with Crippen LogP contribution in [0, 0.1) is 6.92 Å². The summed E-state index contributed by atoms with van der Waals surface area (Å²) in [5, 5.41) is 7.38. The minimum atomic E-state index is 0.595. The number of nitrogens with one attached hydrogen (secondary N) is 2. The maximum Gasteiger partial charge on any atom is 0.254 e. The predicted molar refractivity (Wildman–Crippen MR) is 61.4 cm³/mol. The summed E-state index contributed by atoms with van der Waals surface area (Å²) in [6, 6.07) is 1.93. The first kappa shape index (κ1) is 9.76. The second-order valence-corrected chi connectivity index (χ2v) is 3.69. The Hall–Kier alpha value is -2.44. The molecular weight excluding hydrogens is 218 g/mol. The highest BCUT2D eigenvalue weighted by Crippen LogP contribution is 2.10. The molecule has 0 spiro atoms. The van der Waals surface area contributed by atoms with Crippen LogP contribution in [-0.4, -0.2) is 29.5 Å². The van der Waals surface area contributed by atoms with Crippen LogP contribution in [0.1, 0.15) is 11.4 Å². The van der Waals surface area contributed by atoms with E-state index in [2.05, 4.69) is 30.4 Å². The zero-order chi connectivity index (χ0) is 11.7. The smallest absolute Gasteiger partial charge is 0.254 e. The molecule has 2 N–H and O–H groups in total. The number of rotatable bonds is 3. The first-order valence-corrected chi connectivity index (χ1v) is 5.21. The molecule has 3 aromatic rings. The first-order chi connectivity index (χ1) is 8.33. The number of hydrogen-bond donors (Lipinski definition) is 2. The van der Waals surface area contributed by atoms with Crippen molar-refractivity contribution in [1.29, 1.82) is 0 Å². The fourth-order valence-electron chi connectivity index (χ4n) is 1.62. The molecule has 0 bridgehead atoms. The number of imidazole rings is 1. The summed E-state index contributed by atoms with van der Waals surface area (Å²) in [4.78, 5) is 15.3. The van der Waals surface area contributed by atoms with Crippen LogP contribution in [0.15, 0.2) is 24.9 Å². The van der Waals surface area contributed by atoms with E-state index in [1.807, 2.05) is 13.0 Å². The molecule has 0 atom stereocenters. The van der Waals surface area contributed by atoms with E-state index >= 15 is 0 Å². The van der Waals surface area contributed by atoms with Crippen molar-refractivity contribution in [2.24, 2.45) is 0 Å². The van der Waals surface area contributed by atoms with Crippen molar-refractivity contribution >= 4 is 11.6 Å². The van der Waals surface area contributed by atoms with Crippen LogP contribution in [0.3, 0.4) is 0 Å². The lowest BCUT2D eigenvalue weighted by atomic mass is 10.4. The van der Waals surface area contributed by atoms with Gasteiger partial charge in [0.2, 0.25) is 0 Å². The van der Waals surface area contributed by atoms with Crippen LogP contribution in [0.2, 0.25) is 0 Å². The third-order valence-electron chi connectivity index (χ3n) is 2.39. The average molecular weight is 229 g/mol. The van der Waals surface area contributed by atoms with E-state index in [4.69, 9.17) is 0 Å². The van der Waals surface area contributed by atoms with E-state index in [-0.39, 0.29) is 0 Å². The number of H-pyrrole nitrogens is 1. The topological polar surface area (TPSA) is 83.8 Å². The molecule has 0 aliphatic rings. The second kappa shape index (κ2) is 3.85. The molecule has 7 nitrogen and oxygen atoms in total. The minimum absolute atomic E-state index is 0.595. The van der Waals surface area contributed by atoms with E-state index < -0.39 is 0 Å². The van der Waals surface area contributed by atoms with Crippen LogP contribution < -0.4 is 5.32 Å². The molecule has 0 aromatic carbocycles. The maximum atomic E-state index is 4.27. The van der Waals surface area contributed by atoms with E-state index in [9.17, 15) is 0 Å². The van der Waals surface area contributed by atoms with Crippen molar-refractivity contribution < 1.29 is 0 Å². The Labute approximate surface area is 96.9 Å². The van der Waals surface area contributed by atoms with Crippen molar-refractivity contribution in [1.82, 2.24) is 29.5 Å². The molecular formula is C10H11N7. The molecule has 86 valence electrons. The predicted octanol–water partition coefficient (Wildman–Crippen LogP) is 0.768. The monoisotopic (exact) mass is 229 g/mol. The van der Waals surface area contributed by atoms with Gasteiger partial charge in [-0.25, -0.2) is 9.97 Å². The van der Waals surface area contributed by atoms with Crippen molar-refractivity contribution in [2.75, 3.05) is 5.32 Å². The van der Waals surface area contributed by atoms with Crippen LogP contribution in [0.5, 0.6) is 0 Å². The van der Waals surface area contributed by atoms with Gasteiger partial charge in [-0.1, -0.05) is 0 Å². The summed E-state index contributed by atoms with van der Waals surface area (Å²) in [7, 11) is 0. The molecule has 0 saturated heterocycles. The number of aromatic amines is 1. The summed E-state index contributed by atoms with van der Waals surface area (Å²) in [5.41, 5.74) is 1.91. The molecule has 3 aromatic heterocycles. The molecule has 0 unspecified atom stereocenters. The van der Waals surface area contributed by atoms with Gasteiger partial charge >= 0.3 is 0 Å². The Bertz CT molecular complexity index is 625. The second-order valence-electron chi connectivity index (χ2n) is 3.69. The van der Waals surface area contributed by atoms with Gasteiger partial charge in [-0.05, 0) is 6.92 Å². The van der Waals surface area contributed by atoms with Gasteiger partial charge in [0.25, 0.3) is 5.78 Å². The molecule has 0 saturated carbocycles. The SMILES string of the molecule is Cc1cc(NCc2cnc[nH]2)n2ncnc2n1. The fraction of sp³-hybridized carbons (Fsp3) is 0.200. The quantitative estimate of drug-likeness (QED) is 0.693. The third kappa shape index (κ3) is 1.82. The van der Waals surface area contributed by atoms with Gasteiger partial charge in [0.1, 0.15) is 12.1 Å². The molecule has 3 heterocycles. The fourth-order valence-corrected chi connectivity index (χ4v) is 1.62. The number of aryl methyl sites for hydroxylation is 1. The van der Waals surface area contributed by atoms with Gasteiger partial charge in [-0.3, -0.25) is 0 Å². The summed E-state index contributed by atoms with van der Waals surface area (Å²) >= 11 is 0. The number of hydrogen-bond acceptors (Lipinski definition) is 5. The van der Waals surface area contributed by atoms with E-state index in [0.717, 1.165) is 17.2 Å². The van der Waals surface area contributed by atoms with Crippen molar-refractivity contribution in [3.8, 4) is 0 Å². The molecule has 7 heteroatoms. The zero-order valence-corrected chi connectivity index (χ0v) is 9.25. The van der Waals surface area contributed by atoms with Crippen LogP contribution >= 0.6 is 0 Å². The Morgan fingerprint density at radius 2 is 2.41 bits per heavy atom. The van der Waals surface area contributed by atoms with Gasteiger partial charge in [-0.2, -0.15) is 14.6 Å². The highest BCUT2D eigenvalue weighted by molar-refractivity contribution is 5.44. The van der Waals surface area contributed by atoms with Crippen molar-refractivity contribution in [3.05, 3.63) is 36.3 Å². The Kier molecular flexibility index (Phi) is 2.21. The Morgan fingerprint density at radius 3 is 3.24 bits per heavy atom.